The lowest BCUT2D eigenvalue weighted by Gasteiger charge is -2.10. The summed E-state index contributed by atoms with van der Waals surface area (Å²) in [5, 5.41) is 5.98. The Morgan fingerprint density at radius 1 is 1.33 bits per heavy atom. The van der Waals surface area contributed by atoms with E-state index in [4.69, 9.17) is 4.74 Å². The molecule has 0 bridgehead atoms. The Morgan fingerprint density at radius 2 is 2.07 bits per heavy atom. The van der Waals surface area contributed by atoms with Gasteiger partial charge in [0.25, 0.3) is 0 Å². The minimum Gasteiger partial charge on any atom is -0.462 e. The third kappa shape index (κ3) is 2.62. The van der Waals surface area contributed by atoms with Crippen LogP contribution in [0, 0.1) is 0 Å². The summed E-state index contributed by atoms with van der Waals surface area (Å²) in [5.41, 5.74) is 2.27. The van der Waals surface area contributed by atoms with Crippen molar-refractivity contribution in [2.45, 2.75) is 6.92 Å². The van der Waals surface area contributed by atoms with Crippen molar-refractivity contribution in [1.82, 2.24) is 0 Å². The van der Waals surface area contributed by atoms with E-state index in [-0.39, 0.29) is 5.97 Å². The molecule has 0 heterocycles. The first kappa shape index (κ1) is 11.4. The van der Waals surface area contributed by atoms with Crippen molar-refractivity contribution < 1.29 is 9.53 Å². The maximum Gasteiger partial charge on any atom is 0.340 e. The molecule has 82 valence electrons. The van der Waals surface area contributed by atoms with Crippen LogP contribution in [0.1, 0.15) is 17.3 Å². The van der Waals surface area contributed by atoms with Crippen LogP contribution in [0.4, 0.5) is 11.4 Å². The fraction of sp³-hybridized carbons (Fsp3) is 0.364. The molecule has 0 aliphatic carbocycles. The number of hydrogen-bond acceptors (Lipinski definition) is 4. The Balaban J connectivity index is 3.02. The monoisotopic (exact) mass is 208 g/mol. The molecule has 1 aromatic carbocycles. The molecule has 0 saturated heterocycles. The highest BCUT2D eigenvalue weighted by molar-refractivity contribution is 5.96. The summed E-state index contributed by atoms with van der Waals surface area (Å²) in [6, 6.07) is 5.45. The molecular weight excluding hydrogens is 192 g/mol. The molecule has 0 unspecified atom stereocenters. The second-order valence-electron chi connectivity index (χ2n) is 2.98. The molecule has 0 aliphatic heterocycles. The molecule has 4 heteroatoms. The smallest absolute Gasteiger partial charge is 0.340 e. The van der Waals surface area contributed by atoms with Gasteiger partial charge in [-0.25, -0.2) is 4.79 Å². The molecule has 0 radical (unpaired) electrons. The highest BCUT2D eigenvalue weighted by Gasteiger charge is 2.11. The molecule has 1 rings (SSSR count). The van der Waals surface area contributed by atoms with E-state index in [1.165, 1.54) is 0 Å². The topological polar surface area (TPSA) is 50.4 Å². The van der Waals surface area contributed by atoms with Crippen molar-refractivity contribution >= 4 is 17.3 Å². The van der Waals surface area contributed by atoms with Crippen LogP contribution in [0.5, 0.6) is 0 Å². The summed E-state index contributed by atoms with van der Waals surface area (Å²) >= 11 is 0. The molecule has 0 saturated carbocycles. The van der Waals surface area contributed by atoms with Crippen molar-refractivity contribution in [1.29, 1.82) is 0 Å². The summed E-state index contributed by atoms with van der Waals surface area (Å²) in [4.78, 5) is 11.5. The fourth-order valence-electron chi connectivity index (χ4n) is 1.29. The average molecular weight is 208 g/mol. The minimum absolute atomic E-state index is 0.301. The van der Waals surface area contributed by atoms with E-state index in [0.29, 0.717) is 12.2 Å². The molecule has 0 spiro atoms. The van der Waals surface area contributed by atoms with Crippen molar-refractivity contribution in [3.63, 3.8) is 0 Å². The lowest BCUT2D eigenvalue weighted by atomic mass is 10.1. The fourth-order valence-corrected chi connectivity index (χ4v) is 1.29. The number of hydrogen-bond donors (Lipinski definition) is 2. The second kappa shape index (κ2) is 5.24. The molecule has 0 aliphatic rings. The summed E-state index contributed by atoms with van der Waals surface area (Å²) < 4.78 is 4.94. The van der Waals surface area contributed by atoms with Crippen molar-refractivity contribution in [2.75, 3.05) is 31.3 Å². The highest BCUT2D eigenvalue weighted by Crippen LogP contribution is 2.21. The molecule has 15 heavy (non-hydrogen) atoms. The van der Waals surface area contributed by atoms with Crippen molar-refractivity contribution in [3.8, 4) is 0 Å². The summed E-state index contributed by atoms with van der Waals surface area (Å²) in [6.45, 7) is 2.18. The van der Waals surface area contributed by atoms with Gasteiger partial charge in [-0.05, 0) is 25.1 Å². The van der Waals surface area contributed by atoms with E-state index in [1.54, 1.807) is 20.0 Å². The first-order chi connectivity index (χ1) is 7.22. The summed E-state index contributed by atoms with van der Waals surface area (Å²) in [5.74, 6) is -0.301. The number of anilines is 2. The van der Waals surface area contributed by atoms with Gasteiger partial charge in [-0.1, -0.05) is 0 Å². The van der Waals surface area contributed by atoms with Crippen LogP contribution in [-0.4, -0.2) is 26.7 Å². The molecular formula is C11H16N2O2. The zero-order chi connectivity index (χ0) is 11.3. The van der Waals surface area contributed by atoms with Crippen LogP contribution < -0.4 is 10.6 Å². The van der Waals surface area contributed by atoms with E-state index in [2.05, 4.69) is 10.6 Å². The van der Waals surface area contributed by atoms with Gasteiger partial charge < -0.3 is 15.4 Å². The maximum absolute atomic E-state index is 11.5. The number of benzene rings is 1. The predicted octanol–water partition coefficient (Wildman–Crippen LogP) is 1.95. The van der Waals surface area contributed by atoms with Crippen molar-refractivity contribution in [3.05, 3.63) is 23.8 Å². The molecule has 0 fully saturated rings. The SMILES string of the molecule is CCOC(=O)c1ccc(NC)cc1NC. The van der Waals surface area contributed by atoms with E-state index in [9.17, 15) is 4.79 Å². The lowest BCUT2D eigenvalue weighted by Crippen LogP contribution is -2.08. The Morgan fingerprint density at radius 3 is 2.60 bits per heavy atom. The van der Waals surface area contributed by atoms with Gasteiger partial charge in [-0.3, -0.25) is 0 Å². The van der Waals surface area contributed by atoms with Crippen LogP contribution in [0.15, 0.2) is 18.2 Å². The van der Waals surface area contributed by atoms with Gasteiger partial charge in [-0.15, -0.1) is 0 Å². The molecule has 0 atom stereocenters. The number of rotatable bonds is 4. The van der Waals surface area contributed by atoms with Gasteiger partial charge in [-0.2, -0.15) is 0 Å². The van der Waals surface area contributed by atoms with Crippen LogP contribution in [0.2, 0.25) is 0 Å². The van der Waals surface area contributed by atoms with Gasteiger partial charge in [0.1, 0.15) is 0 Å². The Hall–Kier alpha value is -1.71. The molecule has 4 nitrogen and oxygen atoms in total. The van der Waals surface area contributed by atoms with Crippen LogP contribution >= 0.6 is 0 Å². The number of carbonyl (C=O) groups is 1. The Kier molecular flexibility index (Phi) is 3.97. The summed E-state index contributed by atoms with van der Waals surface area (Å²) in [7, 11) is 3.61. The van der Waals surface area contributed by atoms with Crippen molar-refractivity contribution in [2.24, 2.45) is 0 Å². The Bertz CT molecular complexity index is 350. The quantitative estimate of drug-likeness (QED) is 0.742. The van der Waals surface area contributed by atoms with E-state index in [1.807, 2.05) is 19.2 Å². The minimum atomic E-state index is -0.301. The maximum atomic E-state index is 11.5. The number of ether oxygens (including phenoxy) is 1. The van der Waals surface area contributed by atoms with Crippen LogP contribution in [0.25, 0.3) is 0 Å². The van der Waals surface area contributed by atoms with E-state index in [0.717, 1.165) is 11.4 Å². The normalized spacial score (nSPS) is 9.53. The molecule has 2 N–H and O–H groups in total. The van der Waals surface area contributed by atoms with Crippen LogP contribution in [-0.2, 0) is 4.74 Å². The van der Waals surface area contributed by atoms with E-state index >= 15 is 0 Å². The highest BCUT2D eigenvalue weighted by atomic mass is 16.5. The lowest BCUT2D eigenvalue weighted by molar-refractivity contribution is 0.0527. The van der Waals surface area contributed by atoms with E-state index < -0.39 is 0 Å². The zero-order valence-electron chi connectivity index (χ0n) is 9.26. The summed E-state index contributed by atoms with van der Waals surface area (Å²) in [6.07, 6.45) is 0. The molecule has 1 aromatic rings. The Labute approximate surface area is 89.6 Å². The molecule has 0 amide bonds. The average Bonchev–Trinajstić information content (AvgIpc) is 2.28. The van der Waals surface area contributed by atoms with Gasteiger partial charge in [0, 0.05) is 19.8 Å². The number of esters is 1. The largest absolute Gasteiger partial charge is 0.462 e. The first-order valence-electron chi connectivity index (χ1n) is 4.89. The van der Waals surface area contributed by atoms with Gasteiger partial charge in [0.15, 0.2) is 0 Å². The molecule has 0 aromatic heterocycles. The third-order valence-electron chi connectivity index (χ3n) is 2.07. The van der Waals surface area contributed by atoms with Gasteiger partial charge >= 0.3 is 5.97 Å². The predicted molar refractivity (Wildman–Crippen MR) is 61.5 cm³/mol. The second-order valence-corrected chi connectivity index (χ2v) is 2.98. The number of nitrogens with one attached hydrogen (secondary N) is 2. The zero-order valence-corrected chi connectivity index (χ0v) is 9.26. The standard InChI is InChI=1S/C11H16N2O2/c1-4-15-11(14)9-6-5-8(12-2)7-10(9)13-3/h5-7,12-13H,4H2,1-3H3. The van der Waals surface area contributed by atoms with Crippen LogP contribution in [0.3, 0.4) is 0 Å². The third-order valence-corrected chi connectivity index (χ3v) is 2.07. The number of carbonyl (C=O) groups excluding carboxylic acids is 1. The van der Waals surface area contributed by atoms with Gasteiger partial charge in [0.05, 0.1) is 17.9 Å². The first-order valence-corrected chi connectivity index (χ1v) is 4.89. The van der Waals surface area contributed by atoms with Gasteiger partial charge in [0.2, 0.25) is 0 Å².